The SMILES string of the molecule is COc1cc(NCCCN(C)Cc2ccccc2)ccn1. The number of benzene rings is 1. The van der Waals surface area contributed by atoms with E-state index in [1.165, 1.54) is 5.56 Å². The number of hydrogen-bond donors (Lipinski definition) is 1. The van der Waals surface area contributed by atoms with Crippen LogP contribution in [0.5, 0.6) is 5.88 Å². The molecular formula is C17H23N3O. The van der Waals surface area contributed by atoms with Gasteiger partial charge < -0.3 is 15.0 Å². The Labute approximate surface area is 126 Å². The van der Waals surface area contributed by atoms with E-state index < -0.39 is 0 Å². The van der Waals surface area contributed by atoms with Crippen molar-refractivity contribution >= 4 is 5.69 Å². The zero-order valence-electron chi connectivity index (χ0n) is 12.7. The molecule has 0 radical (unpaired) electrons. The topological polar surface area (TPSA) is 37.4 Å². The second-order valence-corrected chi connectivity index (χ2v) is 5.09. The van der Waals surface area contributed by atoms with Crippen molar-refractivity contribution < 1.29 is 4.74 Å². The molecule has 0 bridgehead atoms. The zero-order chi connectivity index (χ0) is 14.9. The van der Waals surface area contributed by atoms with Crippen molar-refractivity contribution in [3.63, 3.8) is 0 Å². The Bertz CT molecular complexity index is 531. The summed E-state index contributed by atoms with van der Waals surface area (Å²) in [7, 11) is 3.78. The molecular weight excluding hydrogens is 262 g/mol. The molecule has 0 saturated heterocycles. The van der Waals surface area contributed by atoms with Crippen LogP contribution >= 0.6 is 0 Å². The third kappa shape index (κ3) is 5.44. The highest BCUT2D eigenvalue weighted by Crippen LogP contribution is 2.13. The van der Waals surface area contributed by atoms with E-state index in [1.54, 1.807) is 13.3 Å². The normalized spacial score (nSPS) is 10.6. The maximum atomic E-state index is 5.11. The largest absolute Gasteiger partial charge is 0.481 e. The van der Waals surface area contributed by atoms with E-state index in [9.17, 15) is 0 Å². The van der Waals surface area contributed by atoms with E-state index in [2.05, 4.69) is 52.6 Å². The van der Waals surface area contributed by atoms with Crippen LogP contribution in [-0.4, -0.2) is 37.1 Å². The minimum absolute atomic E-state index is 0.640. The Hall–Kier alpha value is -2.07. The van der Waals surface area contributed by atoms with Crippen molar-refractivity contribution in [2.45, 2.75) is 13.0 Å². The van der Waals surface area contributed by atoms with Crippen LogP contribution in [0.4, 0.5) is 5.69 Å². The summed E-state index contributed by atoms with van der Waals surface area (Å²) in [5, 5.41) is 3.39. The molecule has 0 atom stereocenters. The molecule has 1 aromatic carbocycles. The van der Waals surface area contributed by atoms with Crippen molar-refractivity contribution in [3.05, 3.63) is 54.2 Å². The van der Waals surface area contributed by atoms with Crippen LogP contribution in [-0.2, 0) is 6.54 Å². The first-order valence-electron chi connectivity index (χ1n) is 7.24. The summed E-state index contributed by atoms with van der Waals surface area (Å²) in [6, 6.07) is 14.4. The molecule has 2 rings (SSSR count). The lowest BCUT2D eigenvalue weighted by molar-refractivity contribution is 0.325. The molecule has 0 fully saturated rings. The minimum Gasteiger partial charge on any atom is -0.481 e. The number of aromatic nitrogens is 1. The van der Waals surface area contributed by atoms with Gasteiger partial charge in [0.2, 0.25) is 5.88 Å². The number of methoxy groups -OCH3 is 1. The van der Waals surface area contributed by atoms with Crippen molar-refractivity contribution in [2.24, 2.45) is 0 Å². The fourth-order valence-electron chi connectivity index (χ4n) is 2.19. The third-order valence-corrected chi connectivity index (χ3v) is 3.29. The van der Waals surface area contributed by atoms with Gasteiger partial charge in [-0.15, -0.1) is 0 Å². The van der Waals surface area contributed by atoms with Crippen molar-refractivity contribution in [3.8, 4) is 5.88 Å². The smallest absolute Gasteiger partial charge is 0.214 e. The van der Waals surface area contributed by atoms with Gasteiger partial charge in [0.25, 0.3) is 0 Å². The van der Waals surface area contributed by atoms with Crippen LogP contribution in [0, 0.1) is 0 Å². The van der Waals surface area contributed by atoms with E-state index in [0.29, 0.717) is 5.88 Å². The van der Waals surface area contributed by atoms with Gasteiger partial charge in [-0.2, -0.15) is 0 Å². The summed E-state index contributed by atoms with van der Waals surface area (Å²) < 4.78 is 5.11. The second kappa shape index (κ2) is 8.27. The van der Waals surface area contributed by atoms with E-state index in [0.717, 1.165) is 31.7 Å². The van der Waals surface area contributed by atoms with Crippen LogP contribution in [0.3, 0.4) is 0 Å². The first kappa shape index (κ1) is 15.3. The van der Waals surface area contributed by atoms with E-state index in [1.807, 2.05) is 12.1 Å². The number of nitrogens with zero attached hydrogens (tertiary/aromatic N) is 2. The van der Waals surface area contributed by atoms with E-state index in [4.69, 9.17) is 4.74 Å². The van der Waals surface area contributed by atoms with Crippen LogP contribution in [0.25, 0.3) is 0 Å². The summed E-state index contributed by atoms with van der Waals surface area (Å²) in [5.74, 6) is 0.640. The highest BCUT2D eigenvalue weighted by molar-refractivity contribution is 5.44. The van der Waals surface area contributed by atoms with Gasteiger partial charge in [0.1, 0.15) is 0 Å². The highest BCUT2D eigenvalue weighted by atomic mass is 16.5. The Kier molecular flexibility index (Phi) is 6.03. The predicted molar refractivity (Wildman–Crippen MR) is 86.7 cm³/mol. The van der Waals surface area contributed by atoms with Gasteiger partial charge >= 0.3 is 0 Å². The van der Waals surface area contributed by atoms with Crippen LogP contribution in [0.2, 0.25) is 0 Å². The van der Waals surface area contributed by atoms with Gasteiger partial charge in [-0.05, 0) is 31.6 Å². The molecule has 21 heavy (non-hydrogen) atoms. The summed E-state index contributed by atoms with van der Waals surface area (Å²) in [4.78, 5) is 6.43. The summed E-state index contributed by atoms with van der Waals surface area (Å²) >= 11 is 0. The minimum atomic E-state index is 0.640. The quantitative estimate of drug-likeness (QED) is 0.757. The average molecular weight is 285 g/mol. The molecule has 112 valence electrons. The van der Waals surface area contributed by atoms with Crippen molar-refractivity contribution in [2.75, 3.05) is 32.6 Å². The van der Waals surface area contributed by atoms with Gasteiger partial charge in [0, 0.05) is 31.0 Å². The molecule has 1 N–H and O–H groups in total. The number of hydrogen-bond acceptors (Lipinski definition) is 4. The molecule has 0 aliphatic carbocycles. The van der Waals surface area contributed by atoms with E-state index >= 15 is 0 Å². The molecule has 0 aliphatic heterocycles. The monoisotopic (exact) mass is 285 g/mol. The fourth-order valence-corrected chi connectivity index (χ4v) is 2.19. The van der Waals surface area contributed by atoms with Gasteiger partial charge in [0.05, 0.1) is 7.11 Å². The van der Waals surface area contributed by atoms with Crippen LogP contribution in [0.15, 0.2) is 48.7 Å². The standard InChI is InChI=1S/C17H23N3O/c1-20(14-15-7-4-3-5-8-15)12-6-10-18-16-9-11-19-17(13-16)21-2/h3-5,7-9,11,13H,6,10,12,14H2,1-2H3,(H,18,19). The lowest BCUT2D eigenvalue weighted by Crippen LogP contribution is -2.21. The molecule has 0 aliphatic rings. The van der Waals surface area contributed by atoms with Gasteiger partial charge in [-0.1, -0.05) is 30.3 Å². The van der Waals surface area contributed by atoms with Gasteiger partial charge in [0.15, 0.2) is 0 Å². The maximum Gasteiger partial charge on any atom is 0.214 e. The third-order valence-electron chi connectivity index (χ3n) is 3.29. The molecule has 1 aromatic heterocycles. The molecule has 0 saturated carbocycles. The molecule has 4 heteroatoms. The lowest BCUT2D eigenvalue weighted by Gasteiger charge is -2.17. The van der Waals surface area contributed by atoms with Crippen LogP contribution in [0.1, 0.15) is 12.0 Å². The van der Waals surface area contributed by atoms with E-state index in [-0.39, 0.29) is 0 Å². The Morgan fingerprint density at radius 2 is 2.00 bits per heavy atom. The molecule has 0 amide bonds. The number of rotatable bonds is 8. The van der Waals surface area contributed by atoms with Crippen molar-refractivity contribution in [1.82, 2.24) is 9.88 Å². The first-order valence-corrected chi connectivity index (χ1v) is 7.24. The lowest BCUT2D eigenvalue weighted by atomic mass is 10.2. The maximum absolute atomic E-state index is 5.11. The average Bonchev–Trinajstić information content (AvgIpc) is 2.53. The zero-order valence-corrected chi connectivity index (χ0v) is 12.7. The molecule has 0 unspecified atom stereocenters. The number of nitrogens with one attached hydrogen (secondary N) is 1. The second-order valence-electron chi connectivity index (χ2n) is 5.09. The molecule has 0 spiro atoms. The molecule has 2 aromatic rings. The summed E-state index contributed by atoms with van der Waals surface area (Å²) in [5.41, 5.74) is 2.40. The van der Waals surface area contributed by atoms with Crippen LogP contribution < -0.4 is 10.1 Å². The number of anilines is 1. The Balaban J connectivity index is 1.67. The Morgan fingerprint density at radius 3 is 2.76 bits per heavy atom. The summed E-state index contributed by atoms with van der Waals surface area (Å²) in [6.45, 7) is 2.99. The first-order chi connectivity index (χ1) is 10.3. The molecule has 1 heterocycles. The fraction of sp³-hybridized carbons (Fsp3) is 0.353. The predicted octanol–water partition coefficient (Wildman–Crippen LogP) is 3.02. The Morgan fingerprint density at radius 1 is 1.19 bits per heavy atom. The van der Waals surface area contributed by atoms with Gasteiger partial charge in [-0.3, -0.25) is 0 Å². The van der Waals surface area contributed by atoms with Crippen molar-refractivity contribution in [1.29, 1.82) is 0 Å². The number of pyridine rings is 1. The highest BCUT2D eigenvalue weighted by Gasteiger charge is 2.00. The summed E-state index contributed by atoms with van der Waals surface area (Å²) in [6.07, 6.45) is 2.84. The molecule has 4 nitrogen and oxygen atoms in total. The van der Waals surface area contributed by atoms with Gasteiger partial charge in [-0.25, -0.2) is 4.98 Å². The number of ether oxygens (including phenoxy) is 1.